The fraction of sp³-hybridized carbons (Fsp3) is 0.0909. The number of thioether (sulfide) groups is 1. The molecule has 17 heavy (non-hydrogen) atoms. The summed E-state index contributed by atoms with van der Waals surface area (Å²) in [5.74, 6) is 1.09. The van der Waals surface area contributed by atoms with Gasteiger partial charge >= 0.3 is 0 Å². The van der Waals surface area contributed by atoms with Gasteiger partial charge in [-0.1, -0.05) is 23.9 Å². The van der Waals surface area contributed by atoms with Gasteiger partial charge in [-0.05, 0) is 17.7 Å². The molecule has 88 valence electrons. The molecule has 0 saturated heterocycles. The highest BCUT2D eigenvalue weighted by atomic mass is 32.2. The second-order valence-corrected chi connectivity index (χ2v) is 4.39. The summed E-state index contributed by atoms with van der Waals surface area (Å²) in [4.78, 5) is 17.7. The van der Waals surface area contributed by atoms with Gasteiger partial charge in [-0.3, -0.25) is 4.79 Å². The van der Waals surface area contributed by atoms with E-state index in [1.54, 1.807) is 12.1 Å². The molecule has 2 rings (SSSR count). The summed E-state index contributed by atoms with van der Waals surface area (Å²) < 4.78 is 0. The number of hydrogen-bond acceptors (Lipinski definition) is 5. The number of rotatable bonds is 3. The predicted octanol–water partition coefficient (Wildman–Crippen LogP) is 1.35. The Bertz CT molecular complexity index is 566. The van der Waals surface area contributed by atoms with Crippen LogP contribution in [0.15, 0.2) is 40.3 Å². The smallest absolute Gasteiger partial charge is 0.253 e. The molecular formula is C11H11N3O2S. The van der Waals surface area contributed by atoms with Crippen LogP contribution >= 0.6 is 11.8 Å². The van der Waals surface area contributed by atoms with Gasteiger partial charge in [-0.25, -0.2) is 4.98 Å². The van der Waals surface area contributed by atoms with Crippen molar-refractivity contribution in [2.75, 3.05) is 5.73 Å². The molecule has 0 radical (unpaired) electrons. The van der Waals surface area contributed by atoms with Crippen LogP contribution in [0.3, 0.4) is 0 Å². The molecule has 0 unspecified atom stereocenters. The third-order valence-corrected chi connectivity index (χ3v) is 3.00. The second-order valence-electron chi connectivity index (χ2n) is 3.43. The summed E-state index contributed by atoms with van der Waals surface area (Å²) in [5.41, 5.74) is 6.24. The van der Waals surface area contributed by atoms with Crippen LogP contribution in [0.4, 0.5) is 5.82 Å². The van der Waals surface area contributed by atoms with Crippen LogP contribution in [-0.2, 0) is 5.75 Å². The number of aromatic hydroxyl groups is 1. The minimum atomic E-state index is -0.259. The van der Waals surface area contributed by atoms with Crippen molar-refractivity contribution in [3.63, 3.8) is 0 Å². The Morgan fingerprint density at radius 2 is 2.06 bits per heavy atom. The largest absolute Gasteiger partial charge is 0.508 e. The predicted molar refractivity (Wildman–Crippen MR) is 66.9 cm³/mol. The van der Waals surface area contributed by atoms with Crippen molar-refractivity contribution in [1.29, 1.82) is 0 Å². The van der Waals surface area contributed by atoms with Gasteiger partial charge in [-0.2, -0.15) is 0 Å². The maximum Gasteiger partial charge on any atom is 0.253 e. The second kappa shape index (κ2) is 4.92. The highest BCUT2D eigenvalue weighted by molar-refractivity contribution is 7.98. The fourth-order valence-corrected chi connectivity index (χ4v) is 2.10. The number of aromatic nitrogens is 2. The van der Waals surface area contributed by atoms with E-state index in [4.69, 9.17) is 10.8 Å². The minimum absolute atomic E-state index is 0.210. The Kier molecular flexibility index (Phi) is 3.34. The van der Waals surface area contributed by atoms with E-state index in [2.05, 4.69) is 9.97 Å². The van der Waals surface area contributed by atoms with Crippen molar-refractivity contribution in [2.24, 2.45) is 0 Å². The number of aromatic amines is 1. The molecule has 0 aliphatic carbocycles. The maximum atomic E-state index is 11.1. The quantitative estimate of drug-likeness (QED) is 0.564. The van der Waals surface area contributed by atoms with Gasteiger partial charge < -0.3 is 15.8 Å². The van der Waals surface area contributed by atoms with E-state index in [9.17, 15) is 4.79 Å². The van der Waals surface area contributed by atoms with Crippen molar-refractivity contribution >= 4 is 17.6 Å². The monoisotopic (exact) mass is 249 g/mol. The Balaban J connectivity index is 2.07. The van der Waals surface area contributed by atoms with E-state index >= 15 is 0 Å². The molecule has 0 aliphatic heterocycles. The van der Waals surface area contributed by atoms with Crippen LogP contribution in [0.1, 0.15) is 5.56 Å². The number of phenolic OH excluding ortho intramolecular Hbond substituents is 1. The lowest BCUT2D eigenvalue weighted by molar-refractivity contribution is 0.475. The van der Waals surface area contributed by atoms with E-state index in [1.165, 1.54) is 17.8 Å². The lowest BCUT2D eigenvalue weighted by atomic mass is 10.2. The first kappa shape index (κ1) is 11.5. The Morgan fingerprint density at radius 3 is 2.71 bits per heavy atom. The molecule has 0 atom stereocenters. The number of H-pyrrole nitrogens is 1. The van der Waals surface area contributed by atoms with Crippen LogP contribution in [-0.4, -0.2) is 15.1 Å². The number of hydrogen-bond donors (Lipinski definition) is 3. The number of nitrogens with zero attached hydrogens (tertiary/aromatic N) is 1. The average Bonchev–Trinajstić information content (AvgIpc) is 2.27. The number of nitrogens with two attached hydrogens (primary N) is 1. The van der Waals surface area contributed by atoms with Crippen LogP contribution in [0, 0.1) is 0 Å². The van der Waals surface area contributed by atoms with Crippen molar-refractivity contribution in [3.8, 4) is 5.75 Å². The van der Waals surface area contributed by atoms with Gasteiger partial charge in [0, 0.05) is 11.8 Å². The number of benzene rings is 1. The first-order valence-corrected chi connectivity index (χ1v) is 5.89. The lowest BCUT2D eigenvalue weighted by Crippen LogP contribution is -2.09. The molecule has 1 heterocycles. The van der Waals surface area contributed by atoms with Crippen molar-refractivity contribution in [1.82, 2.24) is 9.97 Å². The number of nitrogen functional groups attached to an aromatic ring is 1. The van der Waals surface area contributed by atoms with Gasteiger partial charge in [0.25, 0.3) is 5.56 Å². The highest BCUT2D eigenvalue weighted by Crippen LogP contribution is 2.20. The molecule has 2 aromatic rings. The van der Waals surface area contributed by atoms with Crippen molar-refractivity contribution < 1.29 is 5.11 Å². The van der Waals surface area contributed by atoms with Crippen LogP contribution in [0.5, 0.6) is 5.75 Å². The zero-order valence-electron chi connectivity index (χ0n) is 8.88. The summed E-state index contributed by atoms with van der Waals surface area (Å²) in [5, 5.41) is 9.62. The van der Waals surface area contributed by atoms with Gasteiger partial charge in [0.2, 0.25) is 0 Å². The van der Waals surface area contributed by atoms with Gasteiger partial charge in [0.15, 0.2) is 5.16 Å². The van der Waals surface area contributed by atoms with Gasteiger partial charge in [-0.15, -0.1) is 0 Å². The van der Waals surface area contributed by atoms with E-state index in [0.29, 0.717) is 10.9 Å². The highest BCUT2D eigenvalue weighted by Gasteiger charge is 2.00. The Labute approximate surface area is 102 Å². The van der Waals surface area contributed by atoms with E-state index in [1.807, 2.05) is 12.1 Å². The summed E-state index contributed by atoms with van der Waals surface area (Å²) in [6.45, 7) is 0. The molecule has 5 nitrogen and oxygen atoms in total. The van der Waals surface area contributed by atoms with Crippen LogP contribution < -0.4 is 11.3 Å². The van der Waals surface area contributed by atoms with Gasteiger partial charge in [0.1, 0.15) is 11.6 Å². The first-order valence-electron chi connectivity index (χ1n) is 4.91. The van der Waals surface area contributed by atoms with Crippen LogP contribution in [0.2, 0.25) is 0 Å². The zero-order chi connectivity index (χ0) is 12.3. The molecular weight excluding hydrogens is 238 g/mol. The average molecular weight is 249 g/mol. The number of anilines is 1. The Morgan fingerprint density at radius 1 is 1.35 bits per heavy atom. The SMILES string of the molecule is Nc1cc(=O)[nH]c(SCc2ccc(O)cc2)n1. The fourth-order valence-electron chi connectivity index (χ4n) is 1.27. The third kappa shape index (κ3) is 3.25. The van der Waals surface area contributed by atoms with Gasteiger partial charge in [0.05, 0.1) is 0 Å². The normalized spacial score (nSPS) is 10.4. The van der Waals surface area contributed by atoms with Crippen LogP contribution in [0.25, 0.3) is 0 Å². The third-order valence-electron chi connectivity index (χ3n) is 2.05. The molecule has 0 aliphatic rings. The van der Waals surface area contributed by atoms with E-state index in [0.717, 1.165) is 5.56 Å². The molecule has 0 spiro atoms. The summed E-state index contributed by atoms with van der Waals surface area (Å²) in [6, 6.07) is 8.10. The Hall–Kier alpha value is -1.95. The molecule has 0 amide bonds. The lowest BCUT2D eigenvalue weighted by Gasteiger charge is -2.02. The molecule has 0 fully saturated rings. The topological polar surface area (TPSA) is 92.0 Å². The standard InChI is InChI=1S/C11H11N3O2S/c12-9-5-10(16)14-11(13-9)17-6-7-1-3-8(15)4-2-7/h1-5,15H,6H2,(H3,12,13,14,16). The summed E-state index contributed by atoms with van der Waals surface area (Å²) in [6.07, 6.45) is 0. The molecule has 4 N–H and O–H groups in total. The zero-order valence-corrected chi connectivity index (χ0v) is 9.70. The molecule has 6 heteroatoms. The molecule has 0 saturated carbocycles. The van der Waals surface area contributed by atoms with Crippen molar-refractivity contribution in [3.05, 3.63) is 46.2 Å². The number of nitrogens with one attached hydrogen (secondary N) is 1. The molecule has 0 bridgehead atoms. The molecule has 1 aromatic carbocycles. The van der Waals surface area contributed by atoms with E-state index in [-0.39, 0.29) is 17.1 Å². The summed E-state index contributed by atoms with van der Waals surface area (Å²) >= 11 is 1.38. The van der Waals surface area contributed by atoms with E-state index < -0.39 is 0 Å². The molecule has 1 aromatic heterocycles. The first-order chi connectivity index (χ1) is 8.13. The summed E-state index contributed by atoms with van der Waals surface area (Å²) in [7, 11) is 0. The maximum absolute atomic E-state index is 11.1. The number of phenols is 1. The minimum Gasteiger partial charge on any atom is -0.508 e. The van der Waals surface area contributed by atoms with Crippen molar-refractivity contribution in [2.45, 2.75) is 10.9 Å².